The standard InChI is InChI=1S/C11H16N4O3S/c12-7-9(8-14-11-13-1-6-19-11)10(18)15(2-4-16)3-5-17/h8,16-17H,1-6H2,(H,13,14)/b9-8-. The van der Waals surface area contributed by atoms with Crippen molar-refractivity contribution in [1.82, 2.24) is 10.2 Å². The third-order valence-corrected chi connectivity index (χ3v) is 3.21. The molecule has 0 bridgehead atoms. The fourth-order valence-corrected chi connectivity index (χ4v) is 2.13. The smallest absolute Gasteiger partial charge is 0.266 e. The second-order valence-electron chi connectivity index (χ2n) is 3.59. The summed E-state index contributed by atoms with van der Waals surface area (Å²) >= 11 is 1.52. The molecule has 0 unspecified atom stereocenters. The summed E-state index contributed by atoms with van der Waals surface area (Å²) in [6.07, 6.45) is 1.31. The van der Waals surface area contributed by atoms with Crippen molar-refractivity contribution in [2.45, 2.75) is 0 Å². The van der Waals surface area contributed by atoms with Crippen molar-refractivity contribution >= 4 is 22.8 Å². The fraction of sp³-hybridized carbons (Fsp3) is 0.545. The van der Waals surface area contributed by atoms with Crippen LogP contribution in [-0.4, -0.2) is 64.8 Å². The van der Waals surface area contributed by atoms with Crippen molar-refractivity contribution in [3.63, 3.8) is 0 Å². The summed E-state index contributed by atoms with van der Waals surface area (Å²) in [7, 11) is 0. The first-order valence-electron chi connectivity index (χ1n) is 5.78. The molecule has 1 aliphatic rings. The van der Waals surface area contributed by atoms with Gasteiger partial charge in [-0.25, -0.2) is 0 Å². The van der Waals surface area contributed by atoms with Crippen LogP contribution in [0.2, 0.25) is 0 Å². The van der Waals surface area contributed by atoms with Gasteiger partial charge in [0.15, 0.2) is 5.17 Å². The number of aliphatic hydroxyl groups excluding tert-OH is 2. The molecule has 0 fully saturated rings. The minimum Gasteiger partial charge on any atom is -0.395 e. The number of thioether (sulfide) groups is 1. The number of amidine groups is 1. The summed E-state index contributed by atoms with van der Waals surface area (Å²) in [5.41, 5.74) is -0.0860. The van der Waals surface area contributed by atoms with Crippen LogP contribution in [0.4, 0.5) is 0 Å². The van der Waals surface area contributed by atoms with Gasteiger partial charge in [0.05, 0.1) is 19.8 Å². The largest absolute Gasteiger partial charge is 0.395 e. The fourth-order valence-electron chi connectivity index (χ4n) is 1.42. The Hall–Kier alpha value is -1.56. The van der Waals surface area contributed by atoms with Gasteiger partial charge >= 0.3 is 0 Å². The van der Waals surface area contributed by atoms with Crippen molar-refractivity contribution < 1.29 is 15.0 Å². The van der Waals surface area contributed by atoms with Crippen LogP contribution < -0.4 is 5.32 Å². The van der Waals surface area contributed by atoms with Gasteiger partial charge in [-0.1, -0.05) is 11.8 Å². The van der Waals surface area contributed by atoms with E-state index < -0.39 is 5.91 Å². The molecule has 19 heavy (non-hydrogen) atoms. The Balaban J connectivity index is 2.68. The molecule has 3 N–H and O–H groups in total. The topological polar surface area (TPSA) is 109 Å². The lowest BCUT2D eigenvalue weighted by molar-refractivity contribution is -0.127. The molecule has 0 saturated heterocycles. The highest BCUT2D eigenvalue weighted by atomic mass is 32.2. The molecule has 0 atom stereocenters. The highest BCUT2D eigenvalue weighted by Crippen LogP contribution is 2.09. The van der Waals surface area contributed by atoms with Crippen LogP contribution in [0.3, 0.4) is 0 Å². The SMILES string of the molecule is N#C/C(=C/NC1=NCCS1)C(=O)N(CCO)CCO. The molecular weight excluding hydrogens is 268 g/mol. The maximum atomic E-state index is 12.0. The molecule has 8 heteroatoms. The van der Waals surface area contributed by atoms with Crippen LogP contribution in [0.25, 0.3) is 0 Å². The van der Waals surface area contributed by atoms with E-state index in [0.717, 1.165) is 12.3 Å². The second kappa shape index (κ2) is 8.53. The van der Waals surface area contributed by atoms with E-state index >= 15 is 0 Å². The van der Waals surface area contributed by atoms with E-state index in [1.165, 1.54) is 22.9 Å². The van der Waals surface area contributed by atoms with Crippen LogP contribution in [0.1, 0.15) is 0 Å². The van der Waals surface area contributed by atoms with Crippen LogP contribution in [-0.2, 0) is 4.79 Å². The molecule has 1 rings (SSSR count). The zero-order valence-corrected chi connectivity index (χ0v) is 11.2. The number of hydrogen-bond acceptors (Lipinski definition) is 7. The van der Waals surface area contributed by atoms with Crippen LogP contribution in [0, 0.1) is 11.3 Å². The Kier molecular flexibility index (Phi) is 6.95. The number of carbonyl (C=O) groups is 1. The zero-order valence-electron chi connectivity index (χ0n) is 10.4. The van der Waals surface area contributed by atoms with E-state index in [1.54, 1.807) is 6.07 Å². The lowest BCUT2D eigenvalue weighted by Crippen LogP contribution is -2.37. The third kappa shape index (κ3) is 4.90. The van der Waals surface area contributed by atoms with E-state index in [9.17, 15) is 4.79 Å². The van der Waals surface area contributed by atoms with Gasteiger partial charge in [-0.15, -0.1) is 0 Å². The number of nitriles is 1. The third-order valence-electron chi connectivity index (χ3n) is 2.30. The summed E-state index contributed by atoms with van der Waals surface area (Å²) < 4.78 is 0. The van der Waals surface area contributed by atoms with E-state index in [1.807, 2.05) is 0 Å². The molecule has 0 aromatic heterocycles. The van der Waals surface area contributed by atoms with Gasteiger partial charge in [0, 0.05) is 25.0 Å². The molecule has 104 valence electrons. The summed E-state index contributed by atoms with van der Waals surface area (Å²) in [6, 6.07) is 1.80. The number of hydrogen-bond donors (Lipinski definition) is 3. The lowest BCUT2D eigenvalue weighted by Gasteiger charge is -2.19. The maximum absolute atomic E-state index is 12.0. The number of aliphatic hydroxyl groups is 2. The average molecular weight is 284 g/mol. The van der Waals surface area contributed by atoms with Gasteiger partial charge in [0.2, 0.25) is 0 Å². The number of rotatable bonds is 6. The van der Waals surface area contributed by atoms with E-state index in [2.05, 4.69) is 10.3 Å². The summed E-state index contributed by atoms with van der Waals surface area (Å²) in [5, 5.41) is 30.2. The highest BCUT2D eigenvalue weighted by molar-refractivity contribution is 8.14. The number of amides is 1. The Morgan fingerprint density at radius 1 is 1.53 bits per heavy atom. The highest BCUT2D eigenvalue weighted by Gasteiger charge is 2.17. The summed E-state index contributed by atoms with van der Waals surface area (Å²) in [5.74, 6) is 0.356. The first-order chi connectivity index (χ1) is 9.22. The van der Waals surface area contributed by atoms with Crippen LogP contribution in [0.15, 0.2) is 16.8 Å². The van der Waals surface area contributed by atoms with E-state index in [-0.39, 0.29) is 31.9 Å². The number of carbonyl (C=O) groups excluding carboxylic acids is 1. The van der Waals surface area contributed by atoms with Crippen molar-refractivity contribution in [2.75, 3.05) is 38.6 Å². The van der Waals surface area contributed by atoms with Crippen molar-refractivity contribution in [1.29, 1.82) is 5.26 Å². The number of aliphatic imine (C=N–C) groups is 1. The molecule has 1 amide bonds. The monoisotopic (exact) mass is 284 g/mol. The average Bonchev–Trinajstić information content (AvgIpc) is 2.92. The summed E-state index contributed by atoms with van der Waals surface area (Å²) in [4.78, 5) is 17.3. The number of nitrogens with one attached hydrogen (secondary N) is 1. The van der Waals surface area contributed by atoms with Gasteiger partial charge in [-0.2, -0.15) is 5.26 Å². The molecular formula is C11H16N4O3S. The molecule has 1 heterocycles. The molecule has 7 nitrogen and oxygen atoms in total. The second-order valence-corrected chi connectivity index (χ2v) is 4.67. The minimum absolute atomic E-state index is 0.0775. The van der Waals surface area contributed by atoms with E-state index in [4.69, 9.17) is 15.5 Å². The molecule has 1 aliphatic heterocycles. The Morgan fingerprint density at radius 2 is 2.21 bits per heavy atom. The van der Waals surface area contributed by atoms with Crippen molar-refractivity contribution in [3.05, 3.63) is 11.8 Å². The maximum Gasteiger partial charge on any atom is 0.266 e. The first kappa shape index (κ1) is 15.5. The molecule has 0 radical (unpaired) electrons. The Morgan fingerprint density at radius 3 is 2.68 bits per heavy atom. The van der Waals surface area contributed by atoms with Crippen molar-refractivity contribution in [2.24, 2.45) is 4.99 Å². The van der Waals surface area contributed by atoms with Gasteiger partial charge in [0.1, 0.15) is 11.6 Å². The quantitative estimate of drug-likeness (QED) is 0.422. The first-order valence-corrected chi connectivity index (χ1v) is 6.76. The minimum atomic E-state index is -0.526. The van der Waals surface area contributed by atoms with Gasteiger partial charge < -0.3 is 20.4 Å². The van der Waals surface area contributed by atoms with Gasteiger partial charge in [-0.05, 0) is 0 Å². The van der Waals surface area contributed by atoms with Crippen LogP contribution >= 0.6 is 11.8 Å². The molecule has 0 spiro atoms. The lowest BCUT2D eigenvalue weighted by atomic mass is 10.2. The summed E-state index contributed by atoms with van der Waals surface area (Å²) in [6.45, 7) is 0.431. The van der Waals surface area contributed by atoms with Crippen LogP contribution in [0.5, 0.6) is 0 Å². The predicted molar refractivity (Wildman–Crippen MR) is 72.3 cm³/mol. The van der Waals surface area contributed by atoms with E-state index in [0.29, 0.717) is 5.17 Å². The normalized spacial score (nSPS) is 14.8. The zero-order chi connectivity index (χ0) is 14.1. The molecule has 0 aromatic rings. The molecule has 0 aliphatic carbocycles. The molecule has 0 aromatic carbocycles. The predicted octanol–water partition coefficient (Wildman–Crippen LogP) is -1.10. The Labute approximate surface area is 115 Å². The van der Waals surface area contributed by atoms with Gasteiger partial charge in [-0.3, -0.25) is 9.79 Å². The van der Waals surface area contributed by atoms with Gasteiger partial charge in [0.25, 0.3) is 5.91 Å². The molecule has 0 saturated carbocycles. The van der Waals surface area contributed by atoms with Crippen molar-refractivity contribution in [3.8, 4) is 6.07 Å². The Bertz CT molecular complexity index is 411. The number of nitrogens with zero attached hydrogens (tertiary/aromatic N) is 3.